The van der Waals surface area contributed by atoms with Crippen LogP contribution in [0.5, 0.6) is 0 Å². The Kier molecular flexibility index (Phi) is 4.57. The van der Waals surface area contributed by atoms with Gasteiger partial charge in [0.15, 0.2) is 0 Å². The Bertz CT molecular complexity index is 652. The second-order valence-corrected chi connectivity index (χ2v) is 6.88. The molecule has 1 amide bonds. The van der Waals surface area contributed by atoms with E-state index in [2.05, 4.69) is 0 Å². The van der Waals surface area contributed by atoms with Crippen molar-refractivity contribution in [1.82, 2.24) is 4.90 Å². The van der Waals surface area contributed by atoms with Crippen molar-refractivity contribution >= 4 is 28.8 Å². The molecule has 3 heterocycles. The smallest absolute Gasteiger partial charge is 0.265 e. The number of halogens is 1. The second-order valence-electron chi connectivity index (χ2n) is 5.62. The van der Waals surface area contributed by atoms with Crippen molar-refractivity contribution in [3.8, 4) is 0 Å². The Morgan fingerprint density at radius 1 is 1.64 bits per heavy atom. The number of amides is 1. The number of thiophene rings is 1. The fourth-order valence-electron chi connectivity index (χ4n) is 2.91. The number of aliphatic hydroxyl groups is 1. The van der Waals surface area contributed by atoms with Gasteiger partial charge in [-0.1, -0.05) is 11.6 Å². The molecule has 0 radical (unpaired) electrons. The van der Waals surface area contributed by atoms with Gasteiger partial charge in [0.25, 0.3) is 5.91 Å². The van der Waals surface area contributed by atoms with E-state index in [1.54, 1.807) is 18.4 Å². The maximum absolute atomic E-state index is 12.7. The summed E-state index contributed by atoms with van der Waals surface area (Å²) in [5, 5.41) is 12.7. The third-order valence-corrected chi connectivity index (χ3v) is 5.78. The summed E-state index contributed by atoms with van der Waals surface area (Å²) in [7, 11) is 0. The molecule has 3 rings (SSSR count). The number of rotatable bonds is 4. The first kappa shape index (κ1) is 15.6. The average Bonchev–Trinajstić information content (AvgIpc) is 3.22. The maximum atomic E-state index is 12.7. The van der Waals surface area contributed by atoms with Crippen LogP contribution >= 0.6 is 22.9 Å². The molecule has 0 saturated carbocycles. The minimum atomic E-state index is -0.686. The lowest BCUT2D eigenvalue weighted by Gasteiger charge is -2.25. The lowest BCUT2D eigenvalue weighted by Crippen LogP contribution is -2.36. The van der Waals surface area contributed by atoms with Crippen LogP contribution in [-0.2, 0) is 0 Å². The number of hydrogen-bond donors (Lipinski definition) is 1. The molecule has 2 aromatic rings. The molecule has 2 atom stereocenters. The third kappa shape index (κ3) is 2.93. The SMILES string of the molecule is Cc1csc(C(=O)N2CCC[C@H]2C[C@H](O)c2ccco2)c1Cl. The summed E-state index contributed by atoms with van der Waals surface area (Å²) in [5.74, 6) is 0.515. The van der Waals surface area contributed by atoms with E-state index >= 15 is 0 Å². The predicted molar refractivity (Wildman–Crippen MR) is 86.4 cm³/mol. The molecule has 0 bridgehead atoms. The molecule has 118 valence electrons. The highest BCUT2D eigenvalue weighted by Gasteiger charge is 2.33. The van der Waals surface area contributed by atoms with E-state index < -0.39 is 6.10 Å². The Labute approximate surface area is 138 Å². The molecule has 0 aliphatic carbocycles. The van der Waals surface area contributed by atoms with Gasteiger partial charge in [0, 0.05) is 19.0 Å². The largest absolute Gasteiger partial charge is 0.467 e. The summed E-state index contributed by atoms with van der Waals surface area (Å²) in [6.07, 6.45) is 3.19. The fourth-order valence-corrected chi connectivity index (χ4v) is 4.14. The van der Waals surface area contributed by atoms with Crippen molar-refractivity contribution in [2.45, 2.75) is 38.3 Å². The number of likely N-dealkylation sites (tertiary alicyclic amines) is 1. The van der Waals surface area contributed by atoms with Crippen LogP contribution in [0, 0.1) is 6.92 Å². The topological polar surface area (TPSA) is 53.7 Å². The lowest BCUT2D eigenvalue weighted by atomic mass is 10.1. The van der Waals surface area contributed by atoms with Gasteiger partial charge in [-0.15, -0.1) is 11.3 Å². The molecule has 1 fully saturated rings. The second kappa shape index (κ2) is 6.44. The van der Waals surface area contributed by atoms with E-state index in [0.717, 1.165) is 18.4 Å². The fraction of sp³-hybridized carbons (Fsp3) is 0.438. The highest BCUT2D eigenvalue weighted by molar-refractivity contribution is 7.13. The zero-order valence-corrected chi connectivity index (χ0v) is 13.9. The predicted octanol–water partition coefficient (Wildman–Crippen LogP) is 4.03. The van der Waals surface area contributed by atoms with Crippen LogP contribution in [0.4, 0.5) is 0 Å². The van der Waals surface area contributed by atoms with Gasteiger partial charge >= 0.3 is 0 Å². The maximum Gasteiger partial charge on any atom is 0.265 e. The Morgan fingerprint density at radius 3 is 3.09 bits per heavy atom. The lowest BCUT2D eigenvalue weighted by molar-refractivity contribution is 0.0646. The van der Waals surface area contributed by atoms with Gasteiger partial charge in [0.1, 0.15) is 16.7 Å². The number of nitrogens with zero attached hydrogens (tertiary/aromatic N) is 1. The number of furan rings is 1. The standard InChI is InChI=1S/C16H18ClNO3S/c1-10-9-22-15(14(10)17)16(20)18-6-2-4-11(18)8-12(19)13-5-3-7-21-13/h3,5,7,9,11-12,19H,2,4,6,8H2,1H3/t11-,12-/m0/s1. The molecule has 1 aliphatic rings. The summed E-state index contributed by atoms with van der Waals surface area (Å²) in [5.41, 5.74) is 0.932. The van der Waals surface area contributed by atoms with Crippen molar-refractivity contribution in [2.75, 3.05) is 6.54 Å². The van der Waals surface area contributed by atoms with Crippen LogP contribution < -0.4 is 0 Å². The van der Waals surface area contributed by atoms with Crippen LogP contribution in [0.15, 0.2) is 28.2 Å². The first-order chi connectivity index (χ1) is 10.6. The Morgan fingerprint density at radius 2 is 2.45 bits per heavy atom. The molecular formula is C16H18ClNO3S. The van der Waals surface area contributed by atoms with Crippen LogP contribution in [-0.4, -0.2) is 28.5 Å². The van der Waals surface area contributed by atoms with Crippen molar-refractivity contribution in [2.24, 2.45) is 0 Å². The summed E-state index contributed by atoms with van der Waals surface area (Å²) in [6, 6.07) is 3.53. The van der Waals surface area contributed by atoms with E-state index in [4.69, 9.17) is 16.0 Å². The summed E-state index contributed by atoms with van der Waals surface area (Å²) in [4.78, 5) is 15.1. The van der Waals surface area contributed by atoms with Crippen LogP contribution in [0.1, 0.15) is 46.4 Å². The van der Waals surface area contributed by atoms with Gasteiger partial charge in [-0.3, -0.25) is 4.79 Å². The molecular weight excluding hydrogens is 322 g/mol. The number of carbonyl (C=O) groups excluding carboxylic acids is 1. The Balaban J connectivity index is 1.73. The quantitative estimate of drug-likeness (QED) is 0.914. The monoisotopic (exact) mass is 339 g/mol. The number of carbonyl (C=O) groups is 1. The molecule has 2 aromatic heterocycles. The summed E-state index contributed by atoms with van der Waals surface area (Å²) < 4.78 is 5.24. The number of hydrogen-bond acceptors (Lipinski definition) is 4. The van der Waals surface area contributed by atoms with Gasteiger partial charge in [-0.25, -0.2) is 0 Å². The molecule has 1 saturated heterocycles. The van der Waals surface area contributed by atoms with E-state index in [-0.39, 0.29) is 11.9 Å². The van der Waals surface area contributed by atoms with E-state index in [1.807, 2.05) is 17.2 Å². The molecule has 4 nitrogen and oxygen atoms in total. The average molecular weight is 340 g/mol. The van der Waals surface area contributed by atoms with Crippen molar-refractivity contribution in [1.29, 1.82) is 0 Å². The molecule has 0 aromatic carbocycles. The molecule has 22 heavy (non-hydrogen) atoms. The van der Waals surface area contributed by atoms with Gasteiger partial charge < -0.3 is 14.4 Å². The van der Waals surface area contributed by atoms with Gasteiger partial charge in [-0.05, 0) is 42.8 Å². The molecule has 0 unspecified atom stereocenters. The highest BCUT2D eigenvalue weighted by Crippen LogP contribution is 2.33. The summed E-state index contributed by atoms with van der Waals surface area (Å²) in [6.45, 7) is 2.61. The van der Waals surface area contributed by atoms with Crippen molar-refractivity contribution in [3.63, 3.8) is 0 Å². The minimum Gasteiger partial charge on any atom is -0.467 e. The first-order valence-electron chi connectivity index (χ1n) is 7.34. The highest BCUT2D eigenvalue weighted by atomic mass is 35.5. The zero-order chi connectivity index (χ0) is 15.7. The normalized spacial score (nSPS) is 19.6. The minimum absolute atomic E-state index is 0.0195. The number of aliphatic hydroxyl groups excluding tert-OH is 1. The third-order valence-electron chi connectivity index (χ3n) is 4.10. The van der Waals surface area contributed by atoms with Crippen molar-refractivity contribution in [3.05, 3.63) is 45.0 Å². The first-order valence-corrected chi connectivity index (χ1v) is 8.59. The molecule has 1 aliphatic heterocycles. The molecule has 1 N–H and O–H groups in total. The molecule has 6 heteroatoms. The van der Waals surface area contributed by atoms with E-state index in [9.17, 15) is 9.90 Å². The number of aryl methyl sites for hydroxylation is 1. The summed E-state index contributed by atoms with van der Waals surface area (Å²) >= 11 is 7.60. The Hall–Kier alpha value is -1.30. The van der Waals surface area contributed by atoms with Gasteiger partial charge in [-0.2, -0.15) is 0 Å². The van der Waals surface area contributed by atoms with Gasteiger partial charge in [0.2, 0.25) is 0 Å². The van der Waals surface area contributed by atoms with Crippen molar-refractivity contribution < 1.29 is 14.3 Å². The molecule has 0 spiro atoms. The van der Waals surface area contributed by atoms with Crippen LogP contribution in [0.2, 0.25) is 5.02 Å². The van der Waals surface area contributed by atoms with E-state index in [1.165, 1.54) is 11.3 Å². The van der Waals surface area contributed by atoms with Gasteiger partial charge in [0.05, 0.1) is 11.3 Å². The zero-order valence-electron chi connectivity index (χ0n) is 12.3. The van der Waals surface area contributed by atoms with Crippen LogP contribution in [0.3, 0.4) is 0 Å². The van der Waals surface area contributed by atoms with Crippen LogP contribution in [0.25, 0.3) is 0 Å². The van der Waals surface area contributed by atoms with E-state index in [0.29, 0.717) is 28.6 Å².